The first-order chi connectivity index (χ1) is 11.0. The number of benzene rings is 1. The fraction of sp³-hybridized carbons (Fsp3) is 0.188. The van der Waals surface area contributed by atoms with Crippen LogP contribution in [0.5, 0.6) is 0 Å². The van der Waals surface area contributed by atoms with Crippen molar-refractivity contribution in [3.05, 3.63) is 40.9 Å². The summed E-state index contributed by atoms with van der Waals surface area (Å²) >= 11 is 1.52. The lowest BCUT2D eigenvalue weighted by Gasteiger charge is -2.06. The number of carboxylic acid groups (broad SMARTS) is 2. The Balaban J connectivity index is 2.23. The number of carboxylic acids is 2. The van der Waals surface area contributed by atoms with Crippen LogP contribution >= 0.6 is 11.3 Å². The molecule has 2 aromatic heterocycles. The molecule has 0 saturated heterocycles. The van der Waals surface area contributed by atoms with E-state index in [-0.39, 0.29) is 18.5 Å². The van der Waals surface area contributed by atoms with Gasteiger partial charge < -0.3 is 10.2 Å². The number of thiophene rings is 1. The molecule has 0 aliphatic heterocycles. The molecule has 0 radical (unpaired) electrons. The summed E-state index contributed by atoms with van der Waals surface area (Å²) in [6.45, 7) is 1.93. The predicted octanol–water partition coefficient (Wildman–Crippen LogP) is 3.25. The standard InChI is InChI=1S/C16H14N2O4S/c1-9-15-11(16(21)22)7-10(13-3-2-6-23-13)8-12(15)18(17-9)5-4-14(19)20/h2-3,6-8H,4-5H2,1H3,(H,19,20)(H,21,22). The Labute approximate surface area is 135 Å². The highest BCUT2D eigenvalue weighted by Crippen LogP contribution is 2.32. The van der Waals surface area contributed by atoms with Gasteiger partial charge in [0.05, 0.1) is 29.7 Å². The molecule has 118 valence electrons. The summed E-state index contributed by atoms with van der Waals surface area (Å²) in [6.07, 6.45) is -0.0676. The average Bonchev–Trinajstić information content (AvgIpc) is 3.13. The molecule has 2 N–H and O–H groups in total. The summed E-state index contributed by atoms with van der Waals surface area (Å²) in [5, 5.41) is 25.2. The second kappa shape index (κ2) is 5.85. The highest BCUT2D eigenvalue weighted by molar-refractivity contribution is 7.13. The largest absolute Gasteiger partial charge is 0.481 e. The minimum Gasteiger partial charge on any atom is -0.481 e. The van der Waals surface area contributed by atoms with Crippen LogP contribution in [0.15, 0.2) is 29.6 Å². The van der Waals surface area contributed by atoms with E-state index < -0.39 is 11.9 Å². The number of aliphatic carboxylic acids is 1. The molecule has 6 nitrogen and oxygen atoms in total. The van der Waals surface area contributed by atoms with Crippen LogP contribution in [0.1, 0.15) is 22.5 Å². The lowest BCUT2D eigenvalue weighted by Crippen LogP contribution is -2.06. The molecule has 0 atom stereocenters. The molecule has 1 aromatic carbocycles. The number of aromatic nitrogens is 2. The maximum atomic E-state index is 11.6. The fourth-order valence-corrected chi connectivity index (χ4v) is 3.34. The Morgan fingerprint density at radius 1 is 1.30 bits per heavy atom. The molecule has 7 heteroatoms. The quantitative estimate of drug-likeness (QED) is 0.749. The van der Waals surface area contributed by atoms with Crippen LogP contribution in [0.25, 0.3) is 21.3 Å². The zero-order chi connectivity index (χ0) is 16.6. The van der Waals surface area contributed by atoms with Crippen molar-refractivity contribution in [1.29, 1.82) is 0 Å². The van der Waals surface area contributed by atoms with Gasteiger partial charge >= 0.3 is 11.9 Å². The third-order valence-electron chi connectivity index (χ3n) is 3.60. The average molecular weight is 330 g/mol. The summed E-state index contributed by atoms with van der Waals surface area (Å²) in [5.74, 6) is -1.94. The van der Waals surface area contributed by atoms with Crippen LogP contribution in [0, 0.1) is 6.92 Å². The van der Waals surface area contributed by atoms with E-state index in [4.69, 9.17) is 5.11 Å². The highest BCUT2D eigenvalue weighted by atomic mass is 32.1. The summed E-state index contributed by atoms with van der Waals surface area (Å²) in [7, 11) is 0. The van der Waals surface area contributed by atoms with Crippen molar-refractivity contribution in [2.24, 2.45) is 0 Å². The fourth-order valence-electron chi connectivity index (χ4n) is 2.62. The smallest absolute Gasteiger partial charge is 0.336 e. The second-order valence-electron chi connectivity index (χ2n) is 5.15. The normalized spacial score (nSPS) is 11.0. The molecule has 0 spiro atoms. The Kier molecular flexibility index (Phi) is 3.87. The first kappa shape index (κ1) is 15.2. The molecule has 3 aromatic rings. The molecular formula is C16H14N2O4S. The maximum absolute atomic E-state index is 11.6. The van der Waals surface area contributed by atoms with Gasteiger partial charge in [0.15, 0.2) is 0 Å². The minimum absolute atomic E-state index is 0.0676. The van der Waals surface area contributed by atoms with Gasteiger partial charge in [-0.3, -0.25) is 9.48 Å². The molecule has 0 fully saturated rings. The van der Waals surface area contributed by atoms with E-state index in [9.17, 15) is 14.7 Å². The molecule has 0 amide bonds. The van der Waals surface area contributed by atoms with Crippen molar-refractivity contribution < 1.29 is 19.8 Å². The number of carbonyl (C=O) groups is 2. The highest BCUT2D eigenvalue weighted by Gasteiger charge is 2.18. The lowest BCUT2D eigenvalue weighted by molar-refractivity contribution is -0.137. The molecule has 2 heterocycles. The Morgan fingerprint density at radius 3 is 2.70 bits per heavy atom. The van der Waals surface area contributed by atoms with Gasteiger partial charge in [0.25, 0.3) is 0 Å². The number of nitrogens with zero attached hydrogens (tertiary/aromatic N) is 2. The number of aromatic carboxylic acids is 1. The van der Waals surface area contributed by atoms with Crippen molar-refractivity contribution >= 4 is 34.2 Å². The topological polar surface area (TPSA) is 92.4 Å². The third-order valence-corrected chi connectivity index (χ3v) is 4.52. The van der Waals surface area contributed by atoms with Crippen molar-refractivity contribution in [1.82, 2.24) is 9.78 Å². The zero-order valence-electron chi connectivity index (χ0n) is 12.3. The number of hydrogen-bond donors (Lipinski definition) is 2. The molecular weight excluding hydrogens is 316 g/mol. The van der Waals surface area contributed by atoms with Crippen molar-refractivity contribution in [3.8, 4) is 10.4 Å². The van der Waals surface area contributed by atoms with E-state index in [1.54, 1.807) is 17.7 Å². The second-order valence-corrected chi connectivity index (χ2v) is 6.10. The monoisotopic (exact) mass is 330 g/mol. The van der Waals surface area contributed by atoms with E-state index >= 15 is 0 Å². The van der Waals surface area contributed by atoms with E-state index in [0.717, 1.165) is 10.4 Å². The molecule has 0 saturated carbocycles. The SMILES string of the molecule is Cc1nn(CCC(=O)O)c2cc(-c3cccs3)cc(C(=O)O)c12. The van der Waals surface area contributed by atoms with Crippen LogP contribution in [-0.2, 0) is 11.3 Å². The minimum atomic E-state index is -1.02. The van der Waals surface area contributed by atoms with Gasteiger partial charge in [0.2, 0.25) is 0 Å². The first-order valence-corrected chi connectivity index (χ1v) is 7.85. The Hall–Kier alpha value is -2.67. The van der Waals surface area contributed by atoms with Crippen LogP contribution in [0.3, 0.4) is 0 Å². The number of rotatable bonds is 5. The molecule has 3 rings (SSSR count). The van der Waals surface area contributed by atoms with Gasteiger partial charge in [0.1, 0.15) is 0 Å². The van der Waals surface area contributed by atoms with Crippen molar-refractivity contribution in [2.45, 2.75) is 19.9 Å². The zero-order valence-corrected chi connectivity index (χ0v) is 13.1. The van der Waals surface area contributed by atoms with Crippen LogP contribution in [0.4, 0.5) is 0 Å². The summed E-state index contributed by atoms with van der Waals surface area (Å²) in [5.41, 5.74) is 2.21. The molecule has 0 unspecified atom stereocenters. The van der Waals surface area contributed by atoms with Gasteiger partial charge in [-0.2, -0.15) is 5.10 Å². The first-order valence-electron chi connectivity index (χ1n) is 6.97. The summed E-state index contributed by atoms with van der Waals surface area (Å²) < 4.78 is 1.57. The van der Waals surface area contributed by atoms with E-state index in [1.807, 2.05) is 23.6 Å². The summed E-state index contributed by atoms with van der Waals surface area (Å²) in [4.78, 5) is 23.4. The van der Waals surface area contributed by atoms with Crippen molar-refractivity contribution in [2.75, 3.05) is 0 Å². The molecule has 0 aliphatic carbocycles. The van der Waals surface area contributed by atoms with E-state index in [0.29, 0.717) is 16.6 Å². The van der Waals surface area contributed by atoms with Gasteiger partial charge in [-0.1, -0.05) is 6.07 Å². The Bertz CT molecular complexity index is 897. The van der Waals surface area contributed by atoms with Crippen molar-refractivity contribution in [3.63, 3.8) is 0 Å². The molecule has 23 heavy (non-hydrogen) atoms. The summed E-state index contributed by atoms with van der Waals surface area (Å²) in [6, 6.07) is 7.34. The van der Waals surface area contributed by atoms with Gasteiger partial charge in [-0.25, -0.2) is 4.79 Å². The van der Waals surface area contributed by atoms with Crippen LogP contribution < -0.4 is 0 Å². The van der Waals surface area contributed by atoms with Gasteiger partial charge in [0, 0.05) is 10.3 Å². The molecule has 0 aliphatic rings. The maximum Gasteiger partial charge on any atom is 0.336 e. The van der Waals surface area contributed by atoms with E-state index in [2.05, 4.69) is 5.10 Å². The molecule has 0 bridgehead atoms. The van der Waals surface area contributed by atoms with E-state index in [1.165, 1.54) is 11.3 Å². The predicted molar refractivity (Wildman–Crippen MR) is 87.0 cm³/mol. The Morgan fingerprint density at radius 2 is 2.09 bits per heavy atom. The van der Waals surface area contributed by atoms with Crippen LogP contribution in [0.2, 0.25) is 0 Å². The number of fused-ring (bicyclic) bond motifs is 1. The third kappa shape index (κ3) is 2.83. The van der Waals surface area contributed by atoms with Gasteiger partial charge in [-0.05, 0) is 36.1 Å². The number of aryl methyl sites for hydroxylation is 2. The lowest BCUT2D eigenvalue weighted by atomic mass is 10.0. The van der Waals surface area contributed by atoms with Crippen LogP contribution in [-0.4, -0.2) is 31.9 Å². The van der Waals surface area contributed by atoms with Gasteiger partial charge in [-0.15, -0.1) is 11.3 Å². The number of hydrogen-bond acceptors (Lipinski definition) is 4.